The molecule has 0 fully saturated rings. The molecule has 2 aromatic rings. The van der Waals surface area contributed by atoms with Gasteiger partial charge in [-0.25, -0.2) is 14.5 Å². The first-order valence-corrected chi connectivity index (χ1v) is 12.1. The number of benzene rings is 1. The van der Waals surface area contributed by atoms with Crippen LogP contribution in [-0.4, -0.2) is 42.8 Å². The Balaban J connectivity index is 2.25. The minimum absolute atomic E-state index is 0.00323. The predicted molar refractivity (Wildman–Crippen MR) is 126 cm³/mol. The Morgan fingerprint density at radius 3 is 2.61 bits per heavy atom. The van der Waals surface area contributed by atoms with Crippen molar-refractivity contribution in [1.29, 1.82) is 0 Å². The first-order chi connectivity index (χ1) is 15.6. The summed E-state index contributed by atoms with van der Waals surface area (Å²) in [6, 6.07) is 9.22. The quantitative estimate of drug-likeness (QED) is 0.242. The standard InChI is InChI=1S/C21H25N4O6PS/c1-15(25(14-26)13-18-12-23-16(2)24-21(18)22)19(10-11-31-32(28,29)30)33-20(27)9-8-17-6-4-3-5-7-17/h3-9,12,14H,10-11,13H2,1-2H3,(H2,22,23,24)(H2,28,29,30)/b9-8+,19-15+. The molecule has 0 aliphatic heterocycles. The van der Waals surface area contributed by atoms with E-state index in [4.69, 9.17) is 15.5 Å². The Morgan fingerprint density at radius 2 is 2.00 bits per heavy atom. The van der Waals surface area contributed by atoms with Crippen molar-refractivity contribution in [3.8, 4) is 0 Å². The topological polar surface area (TPSA) is 156 Å². The van der Waals surface area contributed by atoms with Gasteiger partial charge >= 0.3 is 7.82 Å². The van der Waals surface area contributed by atoms with E-state index in [2.05, 4.69) is 14.5 Å². The van der Waals surface area contributed by atoms with Crippen LogP contribution in [0.5, 0.6) is 0 Å². The van der Waals surface area contributed by atoms with Crippen molar-refractivity contribution in [2.45, 2.75) is 26.8 Å². The average Bonchev–Trinajstić information content (AvgIpc) is 2.76. The van der Waals surface area contributed by atoms with E-state index in [9.17, 15) is 14.2 Å². The van der Waals surface area contributed by atoms with Crippen LogP contribution in [0.4, 0.5) is 5.82 Å². The fraction of sp³-hybridized carbons (Fsp3) is 0.238. The molecule has 4 N–H and O–H groups in total. The number of hydrogen-bond acceptors (Lipinski definition) is 8. The first-order valence-electron chi connectivity index (χ1n) is 9.73. The molecule has 33 heavy (non-hydrogen) atoms. The van der Waals surface area contributed by atoms with Crippen molar-refractivity contribution in [1.82, 2.24) is 14.9 Å². The maximum Gasteiger partial charge on any atom is 0.469 e. The monoisotopic (exact) mass is 492 g/mol. The number of carbonyl (C=O) groups is 2. The second kappa shape index (κ2) is 12.4. The van der Waals surface area contributed by atoms with Gasteiger partial charge in [-0.15, -0.1) is 0 Å². The molecule has 0 aliphatic rings. The molecule has 0 atom stereocenters. The number of phosphoric ester groups is 1. The maximum atomic E-state index is 12.6. The number of aryl methyl sites for hydroxylation is 1. The Morgan fingerprint density at radius 1 is 1.30 bits per heavy atom. The number of hydrogen-bond donors (Lipinski definition) is 3. The van der Waals surface area contributed by atoms with Crippen molar-refractivity contribution in [3.63, 3.8) is 0 Å². The lowest BCUT2D eigenvalue weighted by molar-refractivity contribution is -0.117. The van der Waals surface area contributed by atoms with E-state index in [0.29, 0.717) is 28.4 Å². The number of nitrogen functional groups attached to an aromatic ring is 1. The van der Waals surface area contributed by atoms with E-state index in [0.717, 1.165) is 17.3 Å². The minimum Gasteiger partial charge on any atom is -0.383 e. The summed E-state index contributed by atoms with van der Waals surface area (Å²) in [5.74, 6) is 0.714. The zero-order chi connectivity index (χ0) is 24.4. The second-order valence-electron chi connectivity index (χ2n) is 6.81. The van der Waals surface area contributed by atoms with E-state index in [1.165, 1.54) is 17.2 Å². The van der Waals surface area contributed by atoms with Gasteiger partial charge in [0.25, 0.3) is 0 Å². The van der Waals surface area contributed by atoms with Crippen molar-refractivity contribution >= 4 is 43.0 Å². The highest BCUT2D eigenvalue weighted by Crippen LogP contribution is 2.37. The normalized spacial score (nSPS) is 12.5. The molecule has 0 bridgehead atoms. The van der Waals surface area contributed by atoms with Crippen LogP contribution in [0.3, 0.4) is 0 Å². The molecular formula is C21H25N4O6PS. The molecule has 1 aromatic heterocycles. The summed E-state index contributed by atoms with van der Waals surface area (Å²) in [5.41, 5.74) is 7.68. The lowest BCUT2D eigenvalue weighted by Crippen LogP contribution is -2.22. The Bertz CT molecular complexity index is 1090. The third-order valence-corrected chi connectivity index (χ3v) is 5.95. The third kappa shape index (κ3) is 9.29. The fourth-order valence-electron chi connectivity index (χ4n) is 2.66. The van der Waals surface area contributed by atoms with Crippen molar-refractivity contribution in [2.75, 3.05) is 12.3 Å². The molecule has 1 amide bonds. The van der Waals surface area contributed by atoms with Crippen LogP contribution in [0.25, 0.3) is 6.08 Å². The molecule has 0 saturated carbocycles. The second-order valence-corrected chi connectivity index (χ2v) is 9.15. The number of nitrogens with zero attached hydrogens (tertiary/aromatic N) is 3. The summed E-state index contributed by atoms with van der Waals surface area (Å²) in [4.78, 5) is 52.2. The zero-order valence-corrected chi connectivity index (χ0v) is 19.8. The molecule has 12 heteroatoms. The number of phosphoric acid groups is 1. The smallest absolute Gasteiger partial charge is 0.383 e. The summed E-state index contributed by atoms with van der Waals surface area (Å²) in [5, 5.41) is -0.326. The molecule has 0 radical (unpaired) electrons. The molecule has 10 nitrogen and oxygen atoms in total. The van der Waals surface area contributed by atoms with Crippen molar-refractivity contribution < 1.29 is 28.5 Å². The van der Waals surface area contributed by atoms with Crippen LogP contribution in [0, 0.1) is 6.92 Å². The number of thioether (sulfide) groups is 1. The summed E-state index contributed by atoms with van der Waals surface area (Å²) in [7, 11) is -4.68. The summed E-state index contributed by atoms with van der Waals surface area (Å²) >= 11 is 0.841. The van der Waals surface area contributed by atoms with E-state index < -0.39 is 7.82 Å². The van der Waals surface area contributed by atoms with Gasteiger partial charge < -0.3 is 20.4 Å². The number of anilines is 1. The summed E-state index contributed by atoms with van der Waals surface area (Å²) < 4.78 is 15.6. The van der Waals surface area contributed by atoms with Crippen LogP contribution in [0.1, 0.15) is 30.3 Å². The van der Waals surface area contributed by atoms with Gasteiger partial charge in [-0.05, 0) is 37.2 Å². The summed E-state index contributed by atoms with van der Waals surface area (Å²) in [6.45, 7) is 3.02. The van der Waals surface area contributed by atoms with E-state index in [1.807, 2.05) is 30.3 Å². The van der Waals surface area contributed by atoms with Gasteiger partial charge in [-0.2, -0.15) is 0 Å². The summed E-state index contributed by atoms with van der Waals surface area (Å²) in [6.07, 6.45) is 5.11. The Kier molecular flexibility index (Phi) is 9.95. The highest BCUT2D eigenvalue weighted by molar-refractivity contribution is 8.17. The van der Waals surface area contributed by atoms with Crippen LogP contribution in [-0.2, 0) is 25.2 Å². The molecule has 0 unspecified atom stereocenters. The first kappa shape index (κ1) is 26.4. The number of carbonyl (C=O) groups excluding carboxylic acids is 2. The molecular weight excluding hydrogens is 467 g/mol. The number of allylic oxidation sites excluding steroid dienone is 1. The van der Waals surface area contributed by atoms with E-state index in [1.54, 1.807) is 19.9 Å². The largest absolute Gasteiger partial charge is 0.469 e. The van der Waals surface area contributed by atoms with Gasteiger partial charge in [0, 0.05) is 28.8 Å². The molecule has 0 aliphatic carbocycles. The fourth-order valence-corrected chi connectivity index (χ4v) is 3.82. The number of aromatic nitrogens is 2. The predicted octanol–water partition coefficient (Wildman–Crippen LogP) is 3.03. The molecule has 2 rings (SSSR count). The van der Waals surface area contributed by atoms with Crippen molar-refractivity contribution in [3.05, 3.63) is 70.2 Å². The van der Waals surface area contributed by atoms with Crippen LogP contribution >= 0.6 is 19.6 Å². The molecule has 0 saturated heterocycles. The highest BCUT2D eigenvalue weighted by atomic mass is 32.2. The molecule has 0 spiro atoms. The molecule has 1 aromatic carbocycles. The third-order valence-electron chi connectivity index (χ3n) is 4.34. The Hall–Kier alpha value is -2.82. The van der Waals surface area contributed by atoms with Crippen LogP contribution < -0.4 is 5.73 Å². The van der Waals surface area contributed by atoms with Gasteiger partial charge in [-0.1, -0.05) is 36.4 Å². The Labute approximate surface area is 195 Å². The number of nitrogens with two attached hydrogens (primary N) is 1. The number of amides is 1. The van der Waals surface area contributed by atoms with Gasteiger partial charge in [0.05, 0.1) is 13.2 Å². The van der Waals surface area contributed by atoms with Crippen LogP contribution in [0.15, 0.2) is 53.2 Å². The highest BCUT2D eigenvalue weighted by Gasteiger charge is 2.19. The SMILES string of the molecule is C/C(=C(/CCOP(=O)(O)O)SC(=O)/C=C/c1ccccc1)N(C=O)Cc1cnc(C)nc1N. The molecule has 1 heterocycles. The minimum atomic E-state index is -4.68. The van der Waals surface area contributed by atoms with Gasteiger partial charge in [-0.3, -0.25) is 14.1 Å². The van der Waals surface area contributed by atoms with Crippen molar-refractivity contribution in [2.24, 2.45) is 0 Å². The maximum absolute atomic E-state index is 12.6. The van der Waals surface area contributed by atoms with E-state index >= 15 is 0 Å². The molecule has 176 valence electrons. The van der Waals surface area contributed by atoms with Gasteiger partial charge in [0.1, 0.15) is 11.6 Å². The van der Waals surface area contributed by atoms with Gasteiger partial charge in [0.2, 0.25) is 11.5 Å². The lowest BCUT2D eigenvalue weighted by Gasteiger charge is -2.22. The van der Waals surface area contributed by atoms with E-state index in [-0.39, 0.29) is 30.5 Å². The average molecular weight is 492 g/mol. The van der Waals surface area contributed by atoms with Crippen LogP contribution in [0.2, 0.25) is 0 Å². The lowest BCUT2D eigenvalue weighted by atomic mass is 10.2. The zero-order valence-electron chi connectivity index (χ0n) is 18.1. The number of rotatable bonds is 11. The van der Waals surface area contributed by atoms with Gasteiger partial charge in [0.15, 0.2) is 0 Å².